The molecule has 0 saturated carbocycles. The highest BCUT2D eigenvalue weighted by Gasteiger charge is 2.24. The van der Waals surface area contributed by atoms with E-state index >= 15 is 0 Å². The molecule has 0 aromatic carbocycles. The summed E-state index contributed by atoms with van der Waals surface area (Å²) in [5.74, 6) is 0.658. The molecule has 2 aromatic heterocycles. The normalized spacial score (nSPS) is 16.3. The lowest BCUT2D eigenvalue weighted by Gasteiger charge is -2.33. The number of aromatic nitrogens is 2. The highest BCUT2D eigenvalue weighted by Crippen LogP contribution is 2.35. The summed E-state index contributed by atoms with van der Waals surface area (Å²) >= 11 is 1.39. The van der Waals surface area contributed by atoms with Gasteiger partial charge in [0.1, 0.15) is 21.9 Å². The van der Waals surface area contributed by atoms with Gasteiger partial charge in [-0.1, -0.05) is 0 Å². The second-order valence-electron chi connectivity index (χ2n) is 6.18. The maximum absolute atomic E-state index is 12.3. The second kappa shape index (κ2) is 6.41. The van der Waals surface area contributed by atoms with Crippen LogP contribution in [0.1, 0.15) is 29.1 Å². The quantitative estimate of drug-likeness (QED) is 0.803. The number of piperazine rings is 1. The molecule has 0 bridgehead atoms. The smallest absolute Gasteiger partial charge is 0.348 e. The highest BCUT2D eigenvalue weighted by atomic mass is 32.1. The van der Waals surface area contributed by atoms with Crippen LogP contribution >= 0.6 is 11.3 Å². The van der Waals surface area contributed by atoms with E-state index in [9.17, 15) is 4.79 Å². The van der Waals surface area contributed by atoms with E-state index in [0.717, 1.165) is 47.8 Å². The van der Waals surface area contributed by atoms with Crippen LogP contribution in [0.5, 0.6) is 0 Å². The summed E-state index contributed by atoms with van der Waals surface area (Å²) in [6.45, 7) is 9.56. The minimum atomic E-state index is -0.273. The number of rotatable bonds is 3. The molecule has 6 nitrogen and oxygen atoms in total. The number of hydrogen-bond acceptors (Lipinski definition) is 7. The van der Waals surface area contributed by atoms with Gasteiger partial charge in [0.2, 0.25) is 0 Å². The maximum atomic E-state index is 12.3. The number of carbonyl (C=O) groups excluding carboxylic acids is 1. The fourth-order valence-corrected chi connectivity index (χ4v) is 3.80. The molecule has 0 amide bonds. The number of carbonyl (C=O) groups is 1. The Kier molecular flexibility index (Phi) is 4.50. The molecule has 0 spiro atoms. The average molecular weight is 334 g/mol. The SMILES string of the molecule is Cc1c(C(=O)OC(C)C)sc2ncnc(N3CCN(C)CC3)c12. The van der Waals surface area contributed by atoms with Crippen molar-refractivity contribution in [2.45, 2.75) is 26.9 Å². The van der Waals surface area contributed by atoms with Crippen LogP contribution in [0.15, 0.2) is 6.33 Å². The maximum Gasteiger partial charge on any atom is 0.348 e. The van der Waals surface area contributed by atoms with Crippen molar-refractivity contribution in [3.8, 4) is 0 Å². The third-order valence-electron chi connectivity index (χ3n) is 4.04. The number of ether oxygens (including phenoxy) is 1. The van der Waals surface area contributed by atoms with Gasteiger partial charge in [0.15, 0.2) is 0 Å². The summed E-state index contributed by atoms with van der Waals surface area (Å²) in [4.78, 5) is 27.2. The zero-order chi connectivity index (χ0) is 16.6. The van der Waals surface area contributed by atoms with E-state index < -0.39 is 0 Å². The molecule has 2 aromatic rings. The summed E-state index contributed by atoms with van der Waals surface area (Å²) in [7, 11) is 2.13. The molecule has 7 heteroatoms. The Hall–Kier alpha value is -1.73. The number of thiophene rings is 1. The Morgan fingerprint density at radius 3 is 2.61 bits per heavy atom. The van der Waals surface area contributed by atoms with Crippen LogP contribution in [-0.2, 0) is 4.74 Å². The lowest BCUT2D eigenvalue weighted by atomic mass is 10.2. The predicted octanol–water partition coefficient (Wildman–Crippen LogP) is 2.32. The molecule has 0 aliphatic carbocycles. The lowest BCUT2D eigenvalue weighted by Crippen LogP contribution is -2.44. The van der Waals surface area contributed by atoms with E-state index in [2.05, 4.69) is 26.8 Å². The van der Waals surface area contributed by atoms with Crippen LogP contribution in [-0.4, -0.2) is 60.2 Å². The van der Waals surface area contributed by atoms with Gasteiger partial charge in [0, 0.05) is 26.2 Å². The van der Waals surface area contributed by atoms with Crippen LogP contribution in [0.3, 0.4) is 0 Å². The van der Waals surface area contributed by atoms with Crippen LogP contribution in [0, 0.1) is 6.92 Å². The van der Waals surface area contributed by atoms with Gasteiger partial charge in [-0.25, -0.2) is 14.8 Å². The minimum absolute atomic E-state index is 0.129. The Bertz CT molecular complexity index is 720. The van der Waals surface area contributed by atoms with Crippen molar-refractivity contribution in [1.82, 2.24) is 14.9 Å². The largest absolute Gasteiger partial charge is 0.459 e. The minimum Gasteiger partial charge on any atom is -0.459 e. The first kappa shape index (κ1) is 16.1. The molecule has 1 aliphatic heterocycles. The molecule has 124 valence electrons. The number of anilines is 1. The number of nitrogens with zero attached hydrogens (tertiary/aromatic N) is 4. The molecule has 1 fully saturated rings. The summed E-state index contributed by atoms with van der Waals surface area (Å²) < 4.78 is 5.35. The Balaban J connectivity index is 2.00. The van der Waals surface area contributed by atoms with Gasteiger partial charge in [-0.2, -0.15) is 0 Å². The monoisotopic (exact) mass is 334 g/mol. The van der Waals surface area contributed by atoms with Gasteiger partial charge in [-0.15, -0.1) is 11.3 Å². The molecule has 1 saturated heterocycles. The van der Waals surface area contributed by atoms with E-state index in [1.54, 1.807) is 6.33 Å². The molecule has 3 rings (SSSR count). The van der Waals surface area contributed by atoms with Gasteiger partial charge in [-0.3, -0.25) is 0 Å². The van der Waals surface area contributed by atoms with Crippen molar-refractivity contribution in [3.63, 3.8) is 0 Å². The molecule has 23 heavy (non-hydrogen) atoms. The molecular formula is C16H22N4O2S. The van der Waals surface area contributed by atoms with Crippen LogP contribution in [0.4, 0.5) is 5.82 Å². The first-order chi connectivity index (χ1) is 11.0. The van der Waals surface area contributed by atoms with Crippen molar-refractivity contribution in [2.75, 3.05) is 38.1 Å². The van der Waals surface area contributed by atoms with Gasteiger partial charge in [0.25, 0.3) is 0 Å². The van der Waals surface area contributed by atoms with Gasteiger partial charge >= 0.3 is 5.97 Å². The zero-order valence-corrected chi connectivity index (χ0v) is 14.8. The Morgan fingerprint density at radius 2 is 1.96 bits per heavy atom. The van der Waals surface area contributed by atoms with Gasteiger partial charge < -0.3 is 14.5 Å². The first-order valence-corrected chi connectivity index (χ1v) is 8.67. The molecule has 0 radical (unpaired) electrons. The van der Waals surface area contributed by atoms with Crippen molar-refractivity contribution < 1.29 is 9.53 Å². The molecule has 3 heterocycles. The van der Waals surface area contributed by atoms with Gasteiger partial charge in [0.05, 0.1) is 11.5 Å². The number of likely N-dealkylation sites (N-methyl/N-ethyl adjacent to an activating group) is 1. The van der Waals surface area contributed by atoms with E-state index in [1.165, 1.54) is 11.3 Å². The highest BCUT2D eigenvalue weighted by molar-refractivity contribution is 7.20. The summed E-state index contributed by atoms with van der Waals surface area (Å²) in [6.07, 6.45) is 1.46. The molecular weight excluding hydrogens is 312 g/mol. The topological polar surface area (TPSA) is 58.6 Å². The first-order valence-electron chi connectivity index (χ1n) is 7.86. The van der Waals surface area contributed by atoms with Crippen molar-refractivity contribution in [1.29, 1.82) is 0 Å². The number of aryl methyl sites for hydroxylation is 1. The third kappa shape index (κ3) is 3.16. The van der Waals surface area contributed by atoms with Gasteiger partial charge in [-0.05, 0) is 33.4 Å². The lowest BCUT2D eigenvalue weighted by molar-refractivity contribution is 0.0383. The fraction of sp³-hybridized carbons (Fsp3) is 0.562. The molecule has 0 unspecified atom stereocenters. The van der Waals surface area contributed by atoms with Crippen molar-refractivity contribution >= 4 is 33.3 Å². The van der Waals surface area contributed by atoms with Crippen LogP contribution < -0.4 is 4.90 Å². The van der Waals surface area contributed by atoms with E-state index in [0.29, 0.717) is 4.88 Å². The van der Waals surface area contributed by atoms with Crippen LogP contribution in [0.2, 0.25) is 0 Å². The number of esters is 1. The Morgan fingerprint density at radius 1 is 1.26 bits per heavy atom. The molecule has 1 aliphatic rings. The number of hydrogen-bond donors (Lipinski definition) is 0. The standard InChI is InChI=1S/C16H22N4O2S/c1-10(2)22-16(21)13-11(3)12-14(17-9-18-15(12)23-13)20-7-5-19(4)6-8-20/h9-10H,5-8H2,1-4H3. The van der Waals surface area contributed by atoms with E-state index in [-0.39, 0.29) is 12.1 Å². The van der Waals surface area contributed by atoms with E-state index in [4.69, 9.17) is 4.74 Å². The predicted molar refractivity (Wildman–Crippen MR) is 92.4 cm³/mol. The summed E-state index contributed by atoms with van der Waals surface area (Å²) in [5, 5.41) is 0.984. The third-order valence-corrected chi connectivity index (χ3v) is 5.22. The van der Waals surface area contributed by atoms with Crippen LogP contribution in [0.25, 0.3) is 10.2 Å². The fourth-order valence-electron chi connectivity index (χ4n) is 2.77. The van der Waals surface area contributed by atoms with E-state index in [1.807, 2.05) is 20.8 Å². The molecule has 0 N–H and O–H groups in total. The van der Waals surface area contributed by atoms with Crippen molar-refractivity contribution in [3.05, 3.63) is 16.8 Å². The average Bonchev–Trinajstić information content (AvgIpc) is 2.85. The summed E-state index contributed by atoms with van der Waals surface area (Å²) in [5.41, 5.74) is 0.921. The van der Waals surface area contributed by atoms with Crippen molar-refractivity contribution in [2.24, 2.45) is 0 Å². The second-order valence-corrected chi connectivity index (χ2v) is 7.18. The zero-order valence-electron chi connectivity index (χ0n) is 14.0. The number of fused-ring (bicyclic) bond motifs is 1. The Labute approximate surface area is 140 Å². The summed E-state index contributed by atoms with van der Waals surface area (Å²) in [6, 6.07) is 0. The molecule has 0 atom stereocenters.